The average molecular weight is 248 g/mol. The van der Waals surface area contributed by atoms with Crippen LogP contribution in [0.5, 0.6) is 0 Å². The van der Waals surface area contributed by atoms with Crippen LogP contribution in [0.1, 0.15) is 0 Å². The van der Waals surface area contributed by atoms with E-state index in [1.807, 2.05) is 0 Å². The van der Waals surface area contributed by atoms with E-state index in [0.717, 1.165) is 0 Å². The van der Waals surface area contributed by atoms with Gasteiger partial charge < -0.3 is 14.7 Å². The summed E-state index contributed by atoms with van der Waals surface area (Å²) < 4.78 is 29.2. The van der Waals surface area contributed by atoms with Gasteiger partial charge in [0, 0.05) is 21.7 Å². The van der Waals surface area contributed by atoms with E-state index in [1.165, 1.54) is 0 Å². The van der Waals surface area contributed by atoms with Crippen LogP contribution in [0.3, 0.4) is 0 Å². The summed E-state index contributed by atoms with van der Waals surface area (Å²) >= 11 is 0. The van der Waals surface area contributed by atoms with Crippen LogP contribution >= 0.6 is 7.82 Å². The number of hydrogen-bond acceptors (Lipinski definition) is 1. The molecule has 0 bridgehead atoms. The maximum atomic E-state index is 10.1. The van der Waals surface area contributed by atoms with Gasteiger partial charge in [0.1, 0.15) is 0 Å². The van der Waals surface area contributed by atoms with Crippen LogP contribution < -0.4 is 0 Å². The van der Waals surface area contributed by atoms with Gasteiger partial charge in [0.05, 0.1) is 0 Å². The molecule has 4 nitrogen and oxygen atoms in total. The molecule has 0 spiro atoms. The van der Waals surface area contributed by atoms with Gasteiger partial charge in [-0.3, -0.25) is 0 Å². The maximum Gasteiger partial charge on any atom is 0 e. The summed E-state index contributed by atoms with van der Waals surface area (Å²) in [5.74, 6) is 0. The smallest absolute Gasteiger partial charge is 0 e. The normalized spacial score (nSPS) is 7.08. The fourth-order valence-corrected chi connectivity index (χ4v) is 0. The Hall–Kier alpha value is 1.55. The molecule has 10 heteroatoms. The molecule has 0 fully saturated rings. The zero-order valence-electron chi connectivity index (χ0n) is 4.66. The van der Waals surface area contributed by atoms with Crippen LogP contribution in [0, 0.1) is 0 Å². The minimum Gasteiger partial charge on any atom is 0 e. The standard InChI is InChI=1S/C2H2F2.Al.Li.H3O4P.Ti.4H/c1-2(3)4;;;1-5(2,3)4;;;;;/h1H2;;;(H3,1,2,3,4);;;;;. The first-order valence-electron chi connectivity index (χ1n) is 1.51. The van der Waals surface area contributed by atoms with Crippen molar-refractivity contribution in [2.24, 2.45) is 0 Å². The summed E-state index contributed by atoms with van der Waals surface area (Å²) in [5.41, 5.74) is 0. The third-order valence-corrected chi connectivity index (χ3v) is 0. The van der Waals surface area contributed by atoms with Crippen LogP contribution in [0.4, 0.5) is 8.78 Å². The van der Waals surface area contributed by atoms with E-state index in [-0.39, 0.29) is 57.9 Å². The summed E-state index contributed by atoms with van der Waals surface area (Å²) in [5, 5.41) is 0. The van der Waals surface area contributed by atoms with Crippen molar-refractivity contribution >= 4 is 44.0 Å². The molecular formula is C2H9AlF2LiO4PTi. The second kappa shape index (κ2) is 15.0. The molecule has 0 unspecified atom stereocenters. The first kappa shape index (κ1) is 29.2. The fraction of sp³-hybridized carbons (Fsp3) is 0. The van der Waals surface area contributed by atoms with Gasteiger partial charge in [-0.25, -0.2) is 4.57 Å². The van der Waals surface area contributed by atoms with Gasteiger partial charge in [0.15, 0.2) is 17.4 Å². The van der Waals surface area contributed by atoms with Crippen molar-refractivity contribution < 1.29 is 49.7 Å². The Kier molecular flexibility index (Phi) is 36.6. The Bertz CT molecular complexity index is 131. The molecule has 0 radical (unpaired) electrons. The van der Waals surface area contributed by atoms with Crippen LogP contribution in [0.25, 0.3) is 0 Å². The van der Waals surface area contributed by atoms with Gasteiger partial charge in [0.2, 0.25) is 0 Å². The molecule has 0 amide bonds. The average Bonchev–Trinajstić information content (AvgIpc) is 1.19. The van der Waals surface area contributed by atoms with Gasteiger partial charge in [0.25, 0.3) is 6.08 Å². The van der Waals surface area contributed by atoms with Crippen LogP contribution in [-0.2, 0) is 26.3 Å². The fourth-order valence-electron chi connectivity index (χ4n) is 0. The quantitative estimate of drug-likeness (QED) is 0.365. The molecule has 0 heterocycles. The third kappa shape index (κ3) is 533. The topological polar surface area (TPSA) is 77.8 Å². The van der Waals surface area contributed by atoms with E-state index in [4.69, 9.17) is 19.2 Å². The molecule has 0 saturated carbocycles. The molecule has 12 heavy (non-hydrogen) atoms. The van der Waals surface area contributed by atoms with Crippen LogP contribution in [-0.4, -0.2) is 50.9 Å². The van der Waals surface area contributed by atoms with E-state index >= 15 is 0 Å². The number of hydrogen-bond donors (Lipinski definition) is 3. The molecule has 0 aliphatic carbocycles. The van der Waals surface area contributed by atoms with Crippen molar-refractivity contribution in [3.05, 3.63) is 12.7 Å². The Morgan fingerprint density at radius 3 is 1.25 bits per heavy atom. The van der Waals surface area contributed by atoms with Crippen LogP contribution in [0.2, 0.25) is 0 Å². The van der Waals surface area contributed by atoms with Crippen LogP contribution in [0.15, 0.2) is 12.7 Å². The van der Waals surface area contributed by atoms with Crippen molar-refractivity contribution in [3.63, 3.8) is 0 Å². The molecule has 0 rings (SSSR count). The Morgan fingerprint density at radius 2 is 1.25 bits per heavy atom. The van der Waals surface area contributed by atoms with E-state index in [0.29, 0.717) is 0 Å². The molecule has 0 atom stereocenters. The monoisotopic (exact) mass is 248 g/mol. The largest absolute Gasteiger partial charge is 0 e. The molecule has 68 valence electrons. The zero-order chi connectivity index (χ0) is 8.08. The third-order valence-electron chi connectivity index (χ3n) is 0. The summed E-state index contributed by atoms with van der Waals surface area (Å²) in [4.78, 5) is 21.6. The van der Waals surface area contributed by atoms with Crippen molar-refractivity contribution in [1.29, 1.82) is 0 Å². The molecule has 0 aromatic heterocycles. The number of rotatable bonds is 0. The first-order chi connectivity index (χ1) is 3.73. The first-order valence-corrected chi connectivity index (χ1v) is 3.08. The second-order valence-corrected chi connectivity index (χ2v) is 1.88. The predicted octanol–water partition coefficient (Wildman–Crippen LogP) is -1.37. The molecule has 0 aliphatic rings. The van der Waals surface area contributed by atoms with E-state index in [1.54, 1.807) is 0 Å². The maximum absolute atomic E-state index is 10.1. The van der Waals surface area contributed by atoms with Gasteiger partial charge in [-0.2, -0.15) is 8.78 Å². The summed E-state index contributed by atoms with van der Waals surface area (Å²) in [6, 6.07) is 0. The Labute approximate surface area is 106 Å². The minimum absolute atomic E-state index is 0. The van der Waals surface area contributed by atoms with Gasteiger partial charge in [-0.1, -0.05) is 0 Å². The SMILES string of the molecule is C=C(F)F.O=P(O)(O)O.[AlH3].[LiH].[Ti]. The minimum atomic E-state index is -4.64. The van der Waals surface area contributed by atoms with Crippen molar-refractivity contribution in [2.45, 2.75) is 0 Å². The zero-order valence-corrected chi connectivity index (χ0v) is 7.12. The van der Waals surface area contributed by atoms with Gasteiger partial charge in [-0.15, -0.1) is 0 Å². The number of phosphoric acid groups is 1. The molecule has 0 saturated heterocycles. The molecule has 0 aromatic rings. The molecule has 3 N–H and O–H groups in total. The summed E-state index contributed by atoms with van der Waals surface area (Å²) in [6.07, 6.45) is -1.83. The molecular weight excluding hydrogens is 239 g/mol. The van der Waals surface area contributed by atoms with Crippen molar-refractivity contribution in [3.8, 4) is 0 Å². The summed E-state index contributed by atoms with van der Waals surface area (Å²) in [7, 11) is -4.64. The second-order valence-electron chi connectivity index (χ2n) is 0.852. The predicted molar refractivity (Wildman–Crippen MR) is 42.7 cm³/mol. The summed E-state index contributed by atoms with van der Waals surface area (Å²) in [6.45, 7) is 2.22. The molecule has 0 aromatic carbocycles. The van der Waals surface area contributed by atoms with Crippen molar-refractivity contribution in [1.82, 2.24) is 0 Å². The van der Waals surface area contributed by atoms with Crippen molar-refractivity contribution in [2.75, 3.05) is 0 Å². The van der Waals surface area contributed by atoms with Gasteiger partial charge in [-0.05, 0) is 6.58 Å². The molecule has 0 aliphatic heterocycles. The van der Waals surface area contributed by atoms with Gasteiger partial charge >= 0.3 is 26.7 Å². The Balaban J connectivity index is -0.0000000221. The van der Waals surface area contributed by atoms with E-state index < -0.39 is 13.9 Å². The Morgan fingerprint density at radius 1 is 1.25 bits per heavy atom. The number of halogens is 2. The van der Waals surface area contributed by atoms with E-state index in [9.17, 15) is 8.78 Å². The van der Waals surface area contributed by atoms with E-state index in [2.05, 4.69) is 6.58 Å².